The molecular weight excluding hydrogens is 224 g/mol. The first-order valence-electron chi connectivity index (χ1n) is 5.78. The fraction of sp³-hybridized carbons (Fsp3) is 0.727. The van der Waals surface area contributed by atoms with Crippen LogP contribution in [0.3, 0.4) is 0 Å². The predicted molar refractivity (Wildman–Crippen MR) is 57.9 cm³/mol. The van der Waals surface area contributed by atoms with Gasteiger partial charge in [0.2, 0.25) is 11.8 Å². The third kappa shape index (κ3) is 2.25. The zero-order chi connectivity index (χ0) is 12.4. The van der Waals surface area contributed by atoms with Crippen molar-refractivity contribution in [3.63, 3.8) is 0 Å². The molecule has 2 rings (SSSR count). The van der Waals surface area contributed by atoms with Crippen molar-refractivity contribution >= 4 is 17.8 Å². The minimum absolute atomic E-state index is 0.00949. The topological polar surface area (TPSA) is 66.9 Å². The van der Waals surface area contributed by atoms with Gasteiger partial charge in [0.05, 0.1) is 7.11 Å². The Morgan fingerprint density at radius 2 is 2.18 bits per heavy atom. The van der Waals surface area contributed by atoms with Gasteiger partial charge in [0.25, 0.3) is 0 Å². The van der Waals surface area contributed by atoms with Crippen molar-refractivity contribution in [3.05, 3.63) is 0 Å². The summed E-state index contributed by atoms with van der Waals surface area (Å²) in [7, 11) is 1.27. The monoisotopic (exact) mass is 240 g/mol. The minimum Gasteiger partial charge on any atom is -0.468 e. The van der Waals surface area contributed by atoms with Crippen LogP contribution in [0.5, 0.6) is 0 Å². The summed E-state index contributed by atoms with van der Waals surface area (Å²) < 4.78 is 4.51. The fourth-order valence-electron chi connectivity index (χ4n) is 2.38. The molecule has 0 N–H and O–H groups in total. The summed E-state index contributed by atoms with van der Waals surface area (Å²) in [6.45, 7) is 0.511. The Morgan fingerprint density at radius 1 is 1.41 bits per heavy atom. The van der Waals surface area contributed by atoms with E-state index in [1.54, 1.807) is 4.90 Å². The van der Waals surface area contributed by atoms with Crippen LogP contribution in [0.2, 0.25) is 0 Å². The molecule has 2 aliphatic heterocycles. The number of ether oxygens (including phenoxy) is 1. The van der Waals surface area contributed by atoms with Crippen LogP contribution >= 0.6 is 0 Å². The number of rotatable bonds is 2. The van der Waals surface area contributed by atoms with Crippen LogP contribution in [-0.4, -0.2) is 60.4 Å². The number of amides is 2. The lowest BCUT2D eigenvalue weighted by molar-refractivity contribution is -0.161. The molecule has 0 saturated carbocycles. The molecule has 1 unspecified atom stereocenters. The maximum Gasteiger partial charge on any atom is 0.325 e. The summed E-state index contributed by atoms with van der Waals surface area (Å²) in [4.78, 5) is 38.0. The van der Waals surface area contributed by atoms with Crippen LogP contribution in [0.4, 0.5) is 0 Å². The lowest BCUT2D eigenvalue weighted by Gasteiger charge is -2.42. The van der Waals surface area contributed by atoms with Crippen LogP contribution in [0, 0.1) is 0 Å². The van der Waals surface area contributed by atoms with Crippen molar-refractivity contribution in [1.29, 1.82) is 0 Å². The number of nitrogens with zero attached hydrogens (tertiary/aromatic N) is 2. The molecule has 17 heavy (non-hydrogen) atoms. The van der Waals surface area contributed by atoms with E-state index in [4.69, 9.17) is 0 Å². The largest absolute Gasteiger partial charge is 0.468 e. The van der Waals surface area contributed by atoms with Crippen LogP contribution in [0.1, 0.15) is 19.3 Å². The highest BCUT2D eigenvalue weighted by Gasteiger charge is 2.40. The normalized spacial score (nSPS) is 24.6. The molecule has 0 aromatic rings. The molecule has 0 aromatic heterocycles. The molecule has 6 heteroatoms. The fourth-order valence-corrected chi connectivity index (χ4v) is 2.38. The van der Waals surface area contributed by atoms with E-state index >= 15 is 0 Å². The van der Waals surface area contributed by atoms with Gasteiger partial charge in [0.1, 0.15) is 19.1 Å². The van der Waals surface area contributed by atoms with E-state index in [1.807, 2.05) is 0 Å². The van der Waals surface area contributed by atoms with E-state index in [1.165, 1.54) is 12.0 Å². The third-order valence-electron chi connectivity index (χ3n) is 3.29. The maximum atomic E-state index is 12.1. The molecule has 2 heterocycles. The van der Waals surface area contributed by atoms with Crippen LogP contribution in [0.15, 0.2) is 0 Å². The van der Waals surface area contributed by atoms with Crippen molar-refractivity contribution in [2.45, 2.75) is 25.3 Å². The lowest BCUT2D eigenvalue weighted by Crippen LogP contribution is -2.61. The van der Waals surface area contributed by atoms with E-state index in [2.05, 4.69) is 4.74 Å². The van der Waals surface area contributed by atoms with E-state index in [-0.39, 0.29) is 30.9 Å². The second kappa shape index (κ2) is 4.73. The van der Waals surface area contributed by atoms with E-state index in [9.17, 15) is 14.4 Å². The number of hydrogen-bond acceptors (Lipinski definition) is 4. The Morgan fingerprint density at radius 3 is 2.88 bits per heavy atom. The number of piperazine rings is 1. The number of hydrogen-bond donors (Lipinski definition) is 0. The smallest absolute Gasteiger partial charge is 0.325 e. The molecule has 2 amide bonds. The SMILES string of the molecule is COC(=O)CN1CC(=O)N2CCCCC2C1=O. The molecule has 94 valence electrons. The first-order valence-corrected chi connectivity index (χ1v) is 5.78. The molecule has 0 aliphatic carbocycles. The van der Waals surface area contributed by atoms with E-state index in [0.717, 1.165) is 12.8 Å². The number of carbonyl (C=O) groups is 3. The quantitative estimate of drug-likeness (QED) is 0.603. The van der Waals surface area contributed by atoms with Gasteiger partial charge in [-0.2, -0.15) is 0 Å². The summed E-state index contributed by atoms with van der Waals surface area (Å²) >= 11 is 0. The summed E-state index contributed by atoms with van der Waals surface area (Å²) in [5.41, 5.74) is 0. The number of esters is 1. The van der Waals surface area contributed by atoms with Gasteiger partial charge in [-0.25, -0.2) is 0 Å². The molecule has 0 bridgehead atoms. The zero-order valence-corrected chi connectivity index (χ0v) is 9.85. The standard InChI is InChI=1S/C11H16N2O4/c1-17-10(15)7-12-6-9(14)13-5-3-2-4-8(13)11(12)16/h8H,2-7H2,1H3. The van der Waals surface area contributed by atoms with Gasteiger partial charge >= 0.3 is 5.97 Å². The van der Waals surface area contributed by atoms with Gasteiger partial charge in [-0.05, 0) is 19.3 Å². The summed E-state index contributed by atoms with van der Waals surface area (Å²) in [6.07, 6.45) is 2.60. The molecule has 0 aromatic carbocycles. The molecule has 6 nitrogen and oxygen atoms in total. The summed E-state index contributed by atoms with van der Waals surface area (Å²) in [5, 5.41) is 0. The van der Waals surface area contributed by atoms with Crippen molar-refractivity contribution < 1.29 is 19.1 Å². The van der Waals surface area contributed by atoms with Crippen molar-refractivity contribution in [1.82, 2.24) is 9.80 Å². The Kier molecular flexibility index (Phi) is 3.31. The van der Waals surface area contributed by atoms with Crippen molar-refractivity contribution in [2.24, 2.45) is 0 Å². The number of carbonyl (C=O) groups excluding carboxylic acids is 3. The van der Waals surface area contributed by atoms with Crippen LogP contribution in [-0.2, 0) is 19.1 Å². The minimum atomic E-state index is -0.490. The maximum absolute atomic E-state index is 12.1. The average Bonchev–Trinajstić information content (AvgIpc) is 2.35. The van der Waals surface area contributed by atoms with Crippen LogP contribution in [0.25, 0.3) is 0 Å². The number of piperidine rings is 1. The summed E-state index contributed by atoms with van der Waals surface area (Å²) in [5.74, 6) is -0.691. The molecule has 2 saturated heterocycles. The van der Waals surface area contributed by atoms with Gasteiger partial charge in [-0.15, -0.1) is 0 Å². The Bertz CT molecular complexity index is 355. The number of fused-ring (bicyclic) bond motifs is 1. The summed E-state index contributed by atoms with van der Waals surface area (Å²) in [6, 6.07) is -0.366. The third-order valence-corrected chi connectivity index (χ3v) is 3.29. The second-order valence-corrected chi connectivity index (χ2v) is 4.37. The zero-order valence-electron chi connectivity index (χ0n) is 9.85. The molecule has 0 spiro atoms. The molecule has 0 radical (unpaired) electrons. The van der Waals surface area contributed by atoms with Gasteiger partial charge in [0, 0.05) is 6.54 Å². The van der Waals surface area contributed by atoms with Crippen molar-refractivity contribution in [3.8, 4) is 0 Å². The van der Waals surface area contributed by atoms with Crippen molar-refractivity contribution in [2.75, 3.05) is 26.7 Å². The van der Waals surface area contributed by atoms with Crippen LogP contribution < -0.4 is 0 Å². The molecule has 2 fully saturated rings. The highest BCUT2D eigenvalue weighted by molar-refractivity contribution is 5.96. The molecule has 2 aliphatic rings. The lowest BCUT2D eigenvalue weighted by atomic mass is 9.98. The predicted octanol–water partition coefficient (Wildman–Crippen LogP) is -0.617. The highest BCUT2D eigenvalue weighted by Crippen LogP contribution is 2.22. The Labute approximate surface area is 99.5 Å². The van der Waals surface area contributed by atoms with E-state index in [0.29, 0.717) is 13.0 Å². The molecular formula is C11H16N2O4. The average molecular weight is 240 g/mol. The van der Waals surface area contributed by atoms with Gasteiger partial charge in [-0.1, -0.05) is 0 Å². The van der Waals surface area contributed by atoms with Gasteiger partial charge in [0.15, 0.2) is 0 Å². The Balaban J connectivity index is 2.08. The van der Waals surface area contributed by atoms with Gasteiger partial charge < -0.3 is 14.5 Å². The Hall–Kier alpha value is -1.59. The second-order valence-electron chi connectivity index (χ2n) is 4.37. The first-order chi connectivity index (χ1) is 8.13. The van der Waals surface area contributed by atoms with Gasteiger partial charge in [-0.3, -0.25) is 14.4 Å². The highest BCUT2D eigenvalue weighted by atomic mass is 16.5. The molecule has 1 atom stereocenters. The first kappa shape index (κ1) is 11.9. The number of methoxy groups -OCH3 is 1. The van der Waals surface area contributed by atoms with E-state index < -0.39 is 5.97 Å².